The van der Waals surface area contributed by atoms with Gasteiger partial charge in [-0.25, -0.2) is 4.98 Å². The Morgan fingerprint density at radius 1 is 0.818 bits per heavy atom. The Labute approximate surface area is 193 Å². The standard InChI is InChI=1S/C28H25N3O2/c32-27(30-26(21-13-5-2-6-14-21)28(33)31-17-9-10-18-31)23-19-25(20-11-3-1-4-12-20)29-24-16-8-7-15-22(23)24/h1-8,11-16,19,26H,9-10,17-18H2,(H,30,32). The van der Waals surface area contributed by atoms with Crippen molar-refractivity contribution in [3.05, 3.63) is 102 Å². The number of fused-ring (bicyclic) bond motifs is 1. The maximum atomic E-state index is 13.6. The van der Waals surface area contributed by atoms with Gasteiger partial charge in [0.15, 0.2) is 0 Å². The van der Waals surface area contributed by atoms with Crippen molar-refractivity contribution in [1.82, 2.24) is 15.2 Å². The average Bonchev–Trinajstić information content (AvgIpc) is 3.42. The third kappa shape index (κ3) is 4.35. The Hall–Kier alpha value is -3.99. The number of hydrogen-bond acceptors (Lipinski definition) is 3. The number of carbonyl (C=O) groups is 2. The van der Waals surface area contributed by atoms with Crippen LogP contribution >= 0.6 is 0 Å². The Balaban J connectivity index is 1.54. The highest BCUT2D eigenvalue weighted by Crippen LogP contribution is 2.26. The topological polar surface area (TPSA) is 62.3 Å². The van der Waals surface area contributed by atoms with E-state index in [4.69, 9.17) is 4.98 Å². The smallest absolute Gasteiger partial charge is 0.252 e. The third-order valence-corrected chi connectivity index (χ3v) is 6.10. The van der Waals surface area contributed by atoms with Crippen LogP contribution in [0.1, 0.15) is 34.8 Å². The van der Waals surface area contributed by atoms with Crippen LogP contribution in [0.15, 0.2) is 91.0 Å². The molecule has 5 rings (SSSR count). The molecule has 1 unspecified atom stereocenters. The van der Waals surface area contributed by atoms with Crippen LogP contribution in [0.3, 0.4) is 0 Å². The van der Waals surface area contributed by atoms with E-state index in [1.165, 1.54) is 0 Å². The van der Waals surface area contributed by atoms with Crippen molar-refractivity contribution in [2.75, 3.05) is 13.1 Å². The zero-order valence-corrected chi connectivity index (χ0v) is 18.3. The molecule has 0 radical (unpaired) electrons. The van der Waals surface area contributed by atoms with E-state index in [0.29, 0.717) is 5.56 Å². The maximum Gasteiger partial charge on any atom is 0.252 e. The highest BCUT2D eigenvalue weighted by Gasteiger charge is 2.30. The van der Waals surface area contributed by atoms with Gasteiger partial charge in [0.2, 0.25) is 5.91 Å². The second kappa shape index (κ2) is 9.25. The minimum Gasteiger partial charge on any atom is -0.341 e. The van der Waals surface area contributed by atoms with E-state index in [0.717, 1.165) is 53.7 Å². The number of nitrogens with zero attached hydrogens (tertiary/aromatic N) is 2. The number of hydrogen-bond donors (Lipinski definition) is 1. The number of para-hydroxylation sites is 1. The first-order valence-corrected chi connectivity index (χ1v) is 11.3. The largest absolute Gasteiger partial charge is 0.341 e. The van der Waals surface area contributed by atoms with Gasteiger partial charge in [-0.05, 0) is 30.5 Å². The lowest BCUT2D eigenvalue weighted by molar-refractivity contribution is -0.132. The number of benzene rings is 3. The molecule has 0 bridgehead atoms. The van der Waals surface area contributed by atoms with Gasteiger partial charge in [0.25, 0.3) is 5.91 Å². The van der Waals surface area contributed by atoms with E-state index in [1.54, 1.807) is 0 Å². The quantitative estimate of drug-likeness (QED) is 0.480. The Kier molecular flexibility index (Phi) is 5.85. The van der Waals surface area contributed by atoms with Gasteiger partial charge < -0.3 is 10.2 Å². The summed E-state index contributed by atoms with van der Waals surface area (Å²) in [7, 11) is 0. The number of nitrogens with one attached hydrogen (secondary N) is 1. The van der Waals surface area contributed by atoms with Crippen LogP contribution in [-0.2, 0) is 4.79 Å². The zero-order valence-electron chi connectivity index (χ0n) is 18.3. The first-order valence-electron chi connectivity index (χ1n) is 11.3. The van der Waals surface area contributed by atoms with Gasteiger partial charge in [0.1, 0.15) is 6.04 Å². The summed E-state index contributed by atoms with van der Waals surface area (Å²) < 4.78 is 0. The van der Waals surface area contributed by atoms with Crippen LogP contribution < -0.4 is 5.32 Å². The van der Waals surface area contributed by atoms with E-state index < -0.39 is 6.04 Å². The van der Waals surface area contributed by atoms with Gasteiger partial charge in [-0.3, -0.25) is 9.59 Å². The molecule has 5 heteroatoms. The lowest BCUT2D eigenvalue weighted by Gasteiger charge is -2.24. The summed E-state index contributed by atoms with van der Waals surface area (Å²) in [5.41, 5.74) is 3.69. The molecule has 0 spiro atoms. The number of aromatic nitrogens is 1. The van der Waals surface area contributed by atoms with Crippen molar-refractivity contribution in [3.63, 3.8) is 0 Å². The van der Waals surface area contributed by atoms with Crippen LogP contribution in [0.25, 0.3) is 22.2 Å². The third-order valence-electron chi connectivity index (χ3n) is 6.10. The molecule has 1 aromatic heterocycles. The van der Waals surface area contributed by atoms with Crippen molar-refractivity contribution in [2.45, 2.75) is 18.9 Å². The van der Waals surface area contributed by atoms with E-state index in [2.05, 4.69) is 5.32 Å². The molecule has 1 aliphatic rings. The van der Waals surface area contributed by atoms with Crippen LogP contribution in [-0.4, -0.2) is 34.8 Å². The molecule has 4 aromatic rings. The van der Waals surface area contributed by atoms with E-state index in [9.17, 15) is 9.59 Å². The molecule has 1 atom stereocenters. The molecular formula is C28H25N3O2. The molecule has 164 valence electrons. The minimum absolute atomic E-state index is 0.0614. The molecule has 1 saturated heterocycles. The van der Waals surface area contributed by atoms with Crippen LogP contribution in [0, 0.1) is 0 Å². The van der Waals surface area contributed by atoms with Gasteiger partial charge in [-0.15, -0.1) is 0 Å². The average molecular weight is 436 g/mol. The predicted molar refractivity (Wildman–Crippen MR) is 130 cm³/mol. The summed E-state index contributed by atoms with van der Waals surface area (Å²) in [4.78, 5) is 33.6. The Morgan fingerprint density at radius 2 is 1.45 bits per heavy atom. The number of likely N-dealkylation sites (tertiary alicyclic amines) is 1. The molecule has 2 heterocycles. The number of amides is 2. The molecule has 0 aliphatic carbocycles. The van der Waals surface area contributed by atoms with Crippen molar-refractivity contribution < 1.29 is 9.59 Å². The lowest BCUT2D eigenvalue weighted by atomic mass is 10.0. The number of pyridine rings is 1. The molecule has 3 aromatic carbocycles. The summed E-state index contributed by atoms with van der Waals surface area (Å²) in [6.07, 6.45) is 1.99. The molecule has 5 nitrogen and oxygen atoms in total. The van der Waals surface area contributed by atoms with Crippen molar-refractivity contribution in [2.24, 2.45) is 0 Å². The van der Waals surface area contributed by atoms with Gasteiger partial charge in [-0.1, -0.05) is 78.9 Å². The second-order valence-electron chi connectivity index (χ2n) is 8.29. The van der Waals surface area contributed by atoms with E-state index >= 15 is 0 Å². The summed E-state index contributed by atoms with van der Waals surface area (Å²) in [5.74, 6) is -0.346. The molecular weight excluding hydrogens is 410 g/mol. The van der Waals surface area contributed by atoms with Crippen molar-refractivity contribution in [3.8, 4) is 11.3 Å². The minimum atomic E-state index is -0.732. The summed E-state index contributed by atoms with van der Waals surface area (Å²) >= 11 is 0. The first kappa shape index (κ1) is 20.9. The Morgan fingerprint density at radius 3 is 2.18 bits per heavy atom. The molecule has 33 heavy (non-hydrogen) atoms. The van der Waals surface area contributed by atoms with Crippen LogP contribution in [0.2, 0.25) is 0 Å². The van der Waals surface area contributed by atoms with Gasteiger partial charge in [-0.2, -0.15) is 0 Å². The van der Waals surface area contributed by atoms with Crippen LogP contribution in [0.5, 0.6) is 0 Å². The highest BCUT2D eigenvalue weighted by atomic mass is 16.2. The molecule has 1 N–H and O–H groups in total. The summed E-state index contributed by atoms with van der Waals surface area (Å²) in [6.45, 7) is 1.46. The predicted octanol–water partition coefficient (Wildman–Crippen LogP) is 5.00. The molecule has 2 amide bonds. The molecule has 1 fully saturated rings. The first-order chi connectivity index (χ1) is 16.2. The van der Waals surface area contributed by atoms with Gasteiger partial charge >= 0.3 is 0 Å². The maximum absolute atomic E-state index is 13.6. The van der Waals surface area contributed by atoms with E-state index in [-0.39, 0.29) is 11.8 Å². The fraction of sp³-hybridized carbons (Fsp3) is 0.179. The lowest BCUT2D eigenvalue weighted by Crippen LogP contribution is -2.41. The van der Waals surface area contributed by atoms with E-state index in [1.807, 2.05) is 95.9 Å². The normalized spacial score (nSPS) is 14.2. The monoisotopic (exact) mass is 435 g/mol. The SMILES string of the molecule is O=C(NC(C(=O)N1CCCC1)c1ccccc1)c1cc(-c2ccccc2)nc2ccccc12. The highest BCUT2D eigenvalue weighted by molar-refractivity contribution is 6.08. The number of carbonyl (C=O) groups excluding carboxylic acids is 2. The fourth-order valence-corrected chi connectivity index (χ4v) is 4.38. The van der Waals surface area contributed by atoms with Crippen LogP contribution in [0.4, 0.5) is 0 Å². The molecule has 0 saturated carbocycles. The number of rotatable bonds is 5. The van der Waals surface area contributed by atoms with Crippen molar-refractivity contribution >= 4 is 22.7 Å². The van der Waals surface area contributed by atoms with Gasteiger partial charge in [0.05, 0.1) is 16.8 Å². The summed E-state index contributed by atoms with van der Waals surface area (Å²) in [5, 5.41) is 3.80. The Bertz CT molecular complexity index is 1280. The zero-order chi connectivity index (χ0) is 22.6. The van der Waals surface area contributed by atoms with Crippen molar-refractivity contribution in [1.29, 1.82) is 0 Å². The molecule has 1 aliphatic heterocycles. The fourth-order valence-electron chi connectivity index (χ4n) is 4.38. The second-order valence-corrected chi connectivity index (χ2v) is 8.29. The summed E-state index contributed by atoms with van der Waals surface area (Å²) in [6, 6.07) is 28.0. The van der Waals surface area contributed by atoms with Gasteiger partial charge in [0, 0.05) is 24.0 Å².